The second kappa shape index (κ2) is 8.63. The van der Waals surface area contributed by atoms with Gasteiger partial charge in [-0.05, 0) is 17.5 Å². The van der Waals surface area contributed by atoms with E-state index in [1.165, 1.54) is 31.2 Å². The monoisotopic (exact) mass is 282 g/mol. The molecule has 0 aliphatic carbocycles. The van der Waals surface area contributed by atoms with Crippen LogP contribution in [0.2, 0.25) is 0 Å². The predicted octanol–water partition coefficient (Wildman–Crippen LogP) is 5.47. The zero-order chi connectivity index (χ0) is 14.9. The molecule has 1 heteroatoms. The summed E-state index contributed by atoms with van der Waals surface area (Å²) >= 11 is 0. The van der Waals surface area contributed by atoms with Gasteiger partial charge in [-0.25, -0.2) is 0 Å². The van der Waals surface area contributed by atoms with Crippen LogP contribution in [0.25, 0.3) is 0 Å². The molecule has 112 valence electrons. The van der Waals surface area contributed by atoms with Crippen molar-refractivity contribution in [2.75, 3.05) is 0 Å². The van der Waals surface area contributed by atoms with E-state index in [-0.39, 0.29) is 5.92 Å². The predicted molar refractivity (Wildman–Crippen MR) is 89.3 cm³/mol. The van der Waals surface area contributed by atoms with Crippen LogP contribution in [-0.2, 0) is 0 Å². The summed E-state index contributed by atoms with van der Waals surface area (Å²) in [5.41, 5.74) is 2.26. The standard InChI is InChI=1S/C20H26O/c1-2-3-4-11-16-19(17-12-7-5-8-13-17)20(21)18-14-9-6-10-15-18/h5-10,12-15,19-21H,2-4,11,16H2,1H3/t19-,20+/m1/s1. The minimum Gasteiger partial charge on any atom is -0.388 e. The Morgan fingerprint density at radius 2 is 1.33 bits per heavy atom. The zero-order valence-corrected chi connectivity index (χ0v) is 12.9. The van der Waals surface area contributed by atoms with Gasteiger partial charge in [0.1, 0.15) is 0 Å². The van der Waals surface area contributed by atoms with Gasteiger partial charge in [-0.15, -0.1) is 0 Å². The molecule has 0 fully saturated rings. The Balaban J connectivity index is 2.11. The molecule has 0 spiro atoms. The van der Waals surface area contributed by atoms with Gasteiger partial charge in [0.05, 0.1) is 6.10 Å². The lowest BCUT2D eigenvalue weighted by molar-refractivity contribution is 0.138. The molecule has 2 aromatic carbocycles. The van der Waals surface area contributed by atoms with E-state index in [1.54, 1.807) is 0 Å². The third-order valence-corrected chi connectivity index (χ3v) is 4.12. The van der Waals surface area contributed by atoms with Crippen LogP contribution in [0.15, 0.2) is 60.7 Å². The maximum atomic E-state index is 10.8. The van der Waals surface area contributed by atoms with Crippen molar-refractivity contribution in [3.8, 4) is 0 Å². The summed E-state index contributed by atoms with van der Waals surface area (Å²) in [7, 11) is 0. The zero-order valence-electron chi connectivity index (χ0n) is 12.9. The molecule has 21 heavy (non-hydrogen) atoms. The van der Waals surface area contributed by atoms with Crippen molar-refractivity contribution < 1.29 is 5.11 Å². The molecular weight excluding hydrogens is 256 g/mol. The third kappa shape index (κ3) is 4.71. The lowest BCUT2D eigenvalue weighted by Crippen LogP contribution is -2.11. The maximum Gasteiger partial charge on any atom is 0.0858 e. The minimum atomic E-state index is -0.421. The highest BCUT2D eigenvalue weighted by Gasteiger charge is 2.21. The van der Waals surface area contributed by atoms with Crippen LogP contribution in [0.5, 0.6) is 0 Å². The molecule has 1 N–H and O–H groups in total. The van der Waals surface area contributed by atoms with Gasteiger partial charge < -0.3 is 5.11 Å². The molecule has 2 rings (SSSR count). The van der Waals surface area contributed by atoms with Gasteiger partial charge in [-0.2, -0.15) is 0 Å². The second-order valence-corrected chi connectivity index (χ2v) is 5.72. The molecule has 0 amide bonds. The highest BCUT2D eigenvalue weighted by atomic mass is 16.3. The minimum absolute atomic E-state index is 0.186. The maximum absolute atomic E-state index is 10.8. The number of hydrogen-bond donors (Lipinski definition) is 1. The van der Waals surface area contributed by atoms with Crippen LogP contribution in [0, 0.1) is 0 Å². The van der Waals surface area contributed by atoms with Gasteiger partial charge in [0.25, 0.3) is 0 Å². The summed E-state index contributed by atoms with van der Waals surface area (Å²) in [6.07, 6.45) is 5.58. The van der Waals surface area contributed by atoms with Crippen molar-refractivity contribution in [2.24, 2.45) is 0 Å². The molecule has 0 aromatic heterocycles. The van der Waals surface area contributed by atoms with Crippen LogP contribution < -0.4 is 0 Å². The summed E-state index contributed by atoms with van der Waals surface area (Å²) in [5.74, 6) is 0.186. The van der Waals surface area contributed by atoms with Crippen molar-refractivity contribution in [2.45, 2.75) is 51.0 Å². The van der Waals surface area contributed by atoms with Crippen LogP contribution in [0.3, 0.4) is 0 Å². The van der Waals surface area contributed by atoms with Gasteiger partial charge in [0.2, 0.25) is 0 Å². The summed E-state index contributed by atoms with van der Waals surface area (Å²) in [4.78, 5) is 0. The fourth-order valence-corrected chi connectivity index (χ4v) is 2.88. The topological polar surface area (TPSA) is 20.2 Å². The molecule has 0 saturated heterocycles. The average molecular weight is 282 g/mol. The molecule has 0 aliphatic rings. The highest BCUT2D eigenvalue weighted by molar-refractivity contribution is 5.26. The first kappa shape index (κ1) is 15.8. The van der Waals surface area contributed by atoms with Gasteiger partial charge in [-0.3, -0.25) is 0 Å². The van der Waals surface area contributed by atoms with Gasteiger partial charge in [-0.1, -0.05) is 93.3 Å². The fraction of sp³-hybridized carbons (Fsp3) is 0.400. The van der Waals surface area contributed by atoms with Crippen LogP contribution in [0.4, 0.5) is 0 Å². The smallest absolute Gasteiger partial charge is 0.0858 e. The van der Waals surface area contributed by atoms with Crippen LogP contribution in [0.1, 0.15) is 62.2 Å². The summed E-state index contributed by atoms with van der Waals surface area (Å²) in [6.45, 7) is 2.23. The number of unbranched alkanes of at least 4 members (excludes halogenated alkanes) is 3. The van der Waals surface area contributed by atoms with E-state index in [0.717, 1.165) is 12.0 Å². The van der Waals surface area contributed by atoms with E-state index in [0.29, 0.717) is 0 Å². The van der Waals surface area contributed by atoms with Crippen molar-refractivity contribution >= 4 is 0 Å². The first-order valence-corrected chi connectivity index (χ1v) is 8.11. The Bertz CT molecular complexity index is 492. The largest absolute Gasteiger partial charge is 0.388 e. The summed E-state index contributed by atoms with van der Waals surface area (Å²) in [5, 5.41) is 10.8. The Labute approximate surface area is 128 Å². The van der Waals surface area contributed by atoms with E-state index in [9.17, 15) is 5.11 Å². The molecule has 0 heterocycles. The number of benzene rings is 2. The molecule has 1 nitrogen and oxygen atoms in total. The molecule has 2 aromatic rings. The Kier molecular flexibility index (Phi) is 6.49. The molecule has 2 atom stereocenters. The first-order chi connectivity index (χ1) is 10.3. The molecular formula is C20H26O. The van der Waals surface area contributed by atoms with Crippen LogP contribution in [-0.4, -0.2) is 5.11 Å². The number of aliphatic hydroxyl groups is 1. The molecule has 0 aliphatic heterocycles. The highest BCUT2D eigenvalue weighted by Crippen LogP contribution is 2.35. The first-order valence-electron chi connectivity index (χ1n) is 8.11. The normalized spacial score (nSPS) is 13.8. The molecule has 0 saturated carbocycles. The van der Waals surface area contributed by atoms with Crippen molar-refractivity contribution in [1.29, 1.82) is 0 Å². The summed E-state index contributed by atoms with van der Waals surface area (Å²) < 4.78 is 0. The Hall–Kier alpha value is -1.60. The van der Waals surface area contributed by atoms with Gasteiger partial charge in [0.15, 0.2) is 0 Å². The Morgan fingerprint density at radius 3 is 1.90 bits per heavy atom. The van der Waals surface area contributed by atoms with Gasteiger partial charge >= 0.3 is 0 Å². The lowest BCUT2D eigenvalue weighted by atomic mass is 9.85. The second-order valence-electron chi connectivity index (χ2n) is 5.72. The fourth-order valence-electron chi connectivity index (χ4n) is 2.88. The van der Waals surface area contributed by atoms with Crippen molar-refractivity contribution in [3.05, 3.63) is 71.8 Å². The van der Waals surface area contributed by atoms with E-state index < -0.39 is 6.10 Å². The average Bonchev–Trinajstić information content (AvgIpc) is 2.56. The van der Waals surface area contributed by atoms with Crippen molar-refractivity contribution in [3.63, 3.8) is 0 Å². The number of hydrogen-bond acceptors (Lipinski definition) is 1. The molecule has 0 bridgehead atoms. The Morgan fingerprint density at radius 1 is 0.762 bits per heavy atom. The van der Waals surface area contributed by atoms with E-state index in [1.807, 2.05) is 36.4 Å². The third-order valence-electron chi connectivity index (χ3n) is 4.12. The number of aliphatic hydroxyl groups excluding tert-OH is 1. The van der Waals surface area contributed by atoms with E-state index in [2.05, 4.69) is 31.2 Å². The van der Waals surface area contributed by atoms with Crippen molar-refractivity contribution in [1.82, 2.24) is 0 Å². The molecule has 0 unspecified atom stereocenters. The molecule has 0 radical (unpaired) electrons. The van der Waals surface area contributed by atoms with E-state index >= 15 is 0 Å². The quantitative estimate of drug-likeness (QED) is 0.636. The summed E-state index contributed by atoms with van der Waals surface area (Å²) in [6, 6.07) is 20.5. The van der Waals surface area contributed by atoms with Gasteiger partial charge in [0, 0.05) is 5.92 Å². The number of rotatable bonds is 8. The van der Waals surface area contributed by atoms with Crippen LogP contribution >= 0.6 is 0 Å². The SMILES string of the molecule is CCCCCC[C@H](c1ccccc1)[C@@H](O)c1ccccc1. The lowest BCUT2D eigenvalue weighted by Gasteiger charge is -2.24. The van der Waals surface area contributed by atoms with E-state index in [4.69, 9.17) is 0 Å².